The first kappa shape index (κ1) is 17.0. The molecule has 4 nitrogen and oxygen atoms in total. The largest absolute Gasteiger partial charge is 0.433 e. The molecule has 1 saturated carbocycles. The summed E-state index contributed by atoms with van der Waals surface area (Å²) in [6.45, 7) is 0.595. The number of hydrogen-bond acceptors (Lipinski definition) is 5. The molecule has 0 atom stereocenters. The Morgan fingerprint density at radius 1 is 1.21 bits per heavy atom. The van der Waals surface area contributed by atoms with Gasteiger partial charge in [-0.15, -0.1) is 0 Å². The molecule has 2 aromatic rings. The third kappa shape index (κ3) is 3.63. The first-order valence-corrected chi connectivity index (χ1v) is 8.80. The molecule has 0 spiro atoms. The average Bonchev–Trinajstić information content (AvgIpc) is 2.54. The molecule has 24 heavy (non-hydrogen) atoms. The van der Waals surface area contributed by atoms with E-state index in [9.17, 15) is 13.2 Å². The maximum atomic E-state index is 13.1. The molecule has 1 aliphatic carbocycles. The standard InChI is InChI=1S/C16H17F3N4S/c1-24-15(5-2-6-15)10-21-13-9-12(16(17,18)19)22-14(23-13)11-3-7-20-8-4-11/h3-4,7-9H,2,5-6,10H2,1H3,(H,21,22,23). The van der Waals surface area contributed by atoms with Crippen LogP contribution in [0.25, 0.3) is 11.4 Å². The number of thioether (sulfide) groups is 1. The Morgan fingerprint density at radius 3 is 2.46 bits per heavy atom. The highest BCUT2D eigenvalue weighted by atomic mass is 32.2. The van der Waals surface area contributed by atoms with Crippen molar-refractivity contribution in [1.29, 1.82) is 0 Å². The van der Waals surface area contributed by atoms with Crippen molar-refractivity contribution in [2.45, 2.75) is 30.2 Å². The second kappa shape index (κ2) is 6.58. The Hall–Kier alpha value is -1.83. The van der Waals surface area contributed by atoms with Crippen molar-refractivity contribution < 1.29 is 13.2 Å². The van der Waals surface area contributed by atoms with E-state index in [1.165, 1.54) is 12.4 Å². The fourth-order valence-corrected chi connectivity index (χ4v) is 3.50. The van der Waals surface area contributed by atoms with E-state index in [0.29, 0.717) is 12.1 Å². The summed E-state index contributed by atoms with van der Waals surface area (Å²) in [5.41, 5.74) is -0.444. The van der Waals surface area contributed by atoms with Gasteiger partial charge in [-0.25, -0.2) is 9.97 Å². The minimum atomic E-state index is -4.52. The van der Waals surface area contributed by atoms with Crippen LogP contribution in [0.4, 0.5) is 19.0 Å². The molecule has 8 heteroatoms. The molecule has 0 amide bonds. The number of hydrogen-bond donors (Lipinski definition) is 1. The van der Waals surface area contributed by atoms with E-state index in [2.05, 4.69) is 20.3 Å². The number of alkyl halides is 3. The van der Waals surface area contributed by atoms with Gasteiger partial charge >= 0.3 is 6.18 Å². The third-order valence-electron chi connectivity index (χ3n) is 4.24. The van der Waals surface area contributed by atoms with E-state index >= 15 is 0 Å². The zero-order valence-corrected chi connectivity index (χ0v) is 13.9. The summed E-state index contributed by atoms with van der Waals surface area (Å²) in [6, 6.07) is 4.15. The summed E-state index contributed by atoms with van der Waals surface area (Å²) in [5, 5.41) is 3.07. The molecule has 0 aromatic carbocycles. The van der Waals surface area contributed by atoms with Gasteiger partial charge in [0.25, 0.3) is 0 Å². The van der Waals surface area contributed by atoms with Crippen LogP contribution < -0.4 is 5.32 Å². The lowest BCUT2D eigenvalue weighted by atomic mass is 9.84. The van der Waals surface area contributed by atoms with E-state index in [0.717, 1.165) is 25.3 Å². The van der Waals surface area contributed by atoms with Gasteiger partial charge in [0.1, 0.15) is 5.82 Å². The van der Waals surface area contributed by atoms with Crippen molar-refractivity contribution in [2.75, 3.05) is 18.1 Å². The van der Waals surface area contributed by atoms with Crippen LogP contribution in [0, 0.1) is 0 Å². The summed E-state index contributed by atoms with van der Waals surface area (Å²) >= 11 is 1.75. The summed E-state index contributed by atoms with van der Waals surface area (Å²) in [6.07, 6.45) is 3.80. The average molecular weight is 354 g/mol. The van der Waals surface area contributed by atoms with Gasteiger partial charge in [0, 0.05) is 35.3 Å². The lowest BCUT2D eigenvalue weighted by Crippen LogP contribution is -2.40. The minimum absolute atomic E-state index is 0.0431. The van der Waals surface area contributed by atoms with Crippen LogP contribution in [0.2, 0.25) is 0 Å². The monoisotopic (exact) mass is 354 g/mol. The molecule has 3 rings (SSSR count). The number of halogens is 3. The highest BCUT2D eigenvalue weighted by molar-refractivity contribution is 8.00. The van der Waals surface area contributed by atoms with Gasteiger partial charge in [-0.1, -0.05) is 6.42 Å². The molecule has 128 valence electrons. The second-order valence-corrected chi connectivity index (χ2v) is 7.06. The van der Waals surface area contributed by atoms with Gasteiger partial charge < -0.3 is 5.32 Å². The van der Waals surface area contributed by atoms with Gasteiger partial charge in [-0.3, -0.25) is 4.98 Å². The lowest BCUT2D eigenvalue weighted by molar-refractivity contribution is -0.141. The fraction of sp³-hybridized carbons (Fsp3) is 0.438. The van der Waals surface area contributed by atoms with E-state index in [4.69, 9.17) is 0 Å². The SMILES string of the molecule is CSC1(CNc2cc(C(F)(F)F)nc(-c3ccncc3)n2)CCC1. The number of aromatic nitrogens is 3. The van der Waals surface area contributed by atoms with Gasteiger partial charge in [0.2, 0.25) is 0 Å². The molecule has 1 aliphatic rings. The fourth-order valence-electron chi connectivity index (χ4n) is 2.59. The smallest absolute Gasteiger partial charge is 0.369 e. The van der Waals surface area contributed by atoms with E-state index in [-0.39, 0.29) is 16.4 Å². The van der Waals surface area contributed by atoms with Crippen LogP contribution in [-0.2, 0) is 6.18 Å². The van der Waals surface area contributed by atoms with E-state index in [1.54, 1.807) is 23.9 Å². The van der Waals surface area contributed by atoms with Crippen LogP contribution in [-0.4, -0.2) is 32.5 Å². The maximum Gasteiger partial charge on any atom is 0.433 e. The second-order valence-electron chi connectivity index (χ2n) is 5.79. The highest BCUT2D eigenvalue weighted by Crippen LogP contribution is 2.42. The Kier molecular flexibility index (Phi) is 4.67. The van der Waals surface area contributed by atoms with Crippen LogP contribution in [0.5, 0.6) is 0 Å². The van der Waals surface area contributed by atoms with Crippen molar-refractivity contribution in [3.63, 3.8) is 0 Å². The van der Waals surface area contributed by atoms with Crippen LogP contribution in [0.15, 0.2) is 30.6 Å². The van der Waals surface area contributed by atoms with Crippen molar-refractivity contribution in [3.05, 3.63) is 36.3 Å². The van der Waals surface area contributed by atoms with Gasteiger partial charge in [0.05, 0.1) is 0 Å². The summed E-state index contributed by atoms with van der Waals surface area (Å²) < 4.78 is 39.5. The predicted molar refractivity (Wildman–Crippen MR) is 88.9 cm³/mol. The Morgan fingerprint density at radius 2 is 1.92 bits per heavy atom. The van der Waals surface area contributed by atoms with Crippen LogP contribution in [0.3, 0.4) is 0 Å². The minimum Gasteiger partial charge on any atom is -0.369 e. The Balaban J connectivity index is 1.90. The predicted octanol–water partition coefficient (Wildman–Crippen LogP) is 4.26. The number of rotatable bonds is 5. The topological polar surface area (TPSA) is 50.7 Å². The van der Waals surface area contributed by atoms with Gasteiger partial charge in [-0.2, -0.15) is 24.9 Å². The van der Waals surface area contributed by atoms with Crippen molar-refractivity contribution in [1.82, 2.24) is 15.0 Å². The number of anilines is 1. The first-order chi connectivity index (χ1) is 11.4. The third-order valence-corrected chi connectivity index (χ3v) is 5.66. The summed E-state index contributed by atoms with van der Waals surface area (Å²) in [7, 11) is 0. The first-order valence-electron chi connectivity index (χ1n) is 7.58. The molecule has 0 saturated heterocycles. The lowest BCUT2D eigenvalue weighted by Gasteiger charge is -2.40. The molecule has 0 radical (unpaired) electrons. The van der Waals surface area contributed by atoms with Crippen molar-refractivity contribution >= 4 is 17.6 Å². The zero-order valence-electron chi connectivity index (χ0n) is 13.1. The summed E-state index contributed by atoms with van der Waals surface area (Å²) in [4.78, 5) is 11.8. The molecule has 1 fully saturated rings. The number of nitrogens with one attached hydrogen (secondary N) is 1. The highest BCUT2D eigenvalue weighted by Gasteiger charge is 2.37. The molecule has 1 N–H and O–H groups in total. The molecular formula is C16H17F3N4S. The van der Waals surface area contributed by atoms with Crippen LogP contribution >= 0.6 is 11.8 Å². The maximum absolute atomic E-state index is 13.1. The number of nitrogens with zero attached hydrogens (tertiary/aromatic N) is 3. The molecule has 0 bridgehead atoms. The Bertz CT molecular complexity index is 697. The molecular weight excluding hydrogens is 337 g/mol. The van der Waals surface area contributed by atoms with Gasteiger partial charge in [-0.05, 0) is 31.2 Å². The molecule has 0 unspecified atom stereocenters. The van der Waals surface area contributed by atoms with E-state index < -0.39 is 11.9 Å². The normalized spacial score (nSPS) is 16.5. The van der Waals surface area contributed by atoms with Crippen LogP contribution in [0.1, 0.15) is 25.0 Å². The van der Waals surface area contributed by atoms with Crippen molar-refractivity contribution in [3.8, 4) is 11.4 Å². The quantitative estimate of drug-likeness (QED) is 0.870. The summed E-state index contributed by atoms with van der Waals surface area (Å²) in [5.74, 6) is 0.242. The van der Waals surface area contributed by atoms with E-state index in [1.807, 2.05) is 6.26 Å². The zero-order chi connectivity index (χ0) is 17.2. The Labute approximate surface area is 142 Å². The number of pyridine rings is 1. The molecule has 0 aliphatic heterocycles. The molecule has 2 aromatic heterocycles. The van der Waals surface area contributed by atoms with Gasteiger partial charge in [0.15, 0.2) is 11.5 Å². The van der Waals surface area contributed by atoms with Crippen molar-refractivity contribution in [2.24, 2.45) is 0 Å². The molecule has 2 heterocycles.